The van der Waals surface area contributed by atoms with Crippen LogP contribution >= 0.6 is 0 Å². The van der Waals surface area contributed by atoms with E-state index in [1.807, 2.05) is 4.90 Å². The van der Waals surface area contributed by atoms with E-state index in [2.05, 4.69) is 5.16 Å². The predicted octanol–water partition coefficient (Wildman–Crippen LogP) is 1.30. The summed E-state index contributed by atoms with van der Waals surface area (Å²) in [6.45, 7) is 0.746. The van der Waals surface area contributed by atoms with E-state index in [0.29, 0.717) is 0 Å². The van der Waals surface area contributed by atoms with Crippen molar-refractivity contribution in [2.45, 2.75) is 51.0 Å². The number of oxime groups is 1. The molecule has 96 valence electrons. The largest absolute Gasteiger partial charge is 0.409 e. The molecular weight excluding hydrogens is 218 g/mol. The molecule has 5 heteroatoms. The van der Waals surface area contributed by atoms with E-state index in [1.54, 1.807) is 0 Å². The van der Waals surface area contributed by atoms with E-state index >= 15 is 0 Å². The van der Waals surface area contributed by atoms with Gasteiger partial charge in [0.05, 0.1) is 6.04 Å². The lowest BCUT2D eigenvalue weighted by atomic mass is 9.88. The molecule has 1 saturated carbocycles. The Balaban J connectivity index is 2.02. The summed E-state index contributed by atoms with van der Waals surface area (Å²) in [5.41, 5.74) is 5.64. The van der Waals surface area contributed by atoms with Gasteiger partial charge in [-0.1, -0.05) is 24.4 Å². The van der Waals surface area contributed by atoms with Crippen molar-refractivity contribution in [3.05, 3.63) is 0 Å². The summed E-state index contributed by atoms with van der Waals surface area (Å²) in [6.07, 6.45) is 7.30. The Kier molecular flexibility index (Phi) is 3.86. The second-order valence-corrected chi connectivity index (χ2v) is 5.05. The highest BCUT2D eigenvalue weighted by Gasteiger charge is 2.35. The van der Waals surface area contributed by atoms with Crippen LogP contribution in [0.2, 0.25) is 0 Å². The predicted molar refractivity (Wildman–Crippen MR) is 64.7 cm³/mol. The van der Waals surface area contributed by atoms with Crippen molar-refractivity contribution in [1.82, 2.24) is 4.90 Å². The first-order valence-corrected chi connectivity index (χ1v) is 6.52. The fraction of sp³-hybridized carbons (Fsp3) is 0.833. The molecule has 1 heterocycles. The van der Waals surface area contributed by atoms with Crippen molar-refractivity contribution in [3.63, 3.8) is 0 Å². The Hall–Kier alpha value is -1.26. The van der Waals surface area contributed by atoms with Gasteiger partial charge in [-0.15, -0.1) is 0 Å². The monoisotopic (exact) mass is 239 g/mol. The van der Waals surface area contributed by atoms with E-state index in [1.165, 1.54) is 6.42 Å². The molecule has 1 atom stereocenters. The Bertz CT molecular complexity index is 311. The standard InChI is InChI=1S/C12H21N3O2/c13-11(14-17)10-7-4-8-15(10)12(16)9-5-2-1-3-6-9/h9-10,17H,1-8H2,(H2,13,14). The quantitative estimate of drug-likeness (QED) is 0.330. The van der Waals surface area contributed by atoms with Crippen molar-refractivity contribution in [3.8, 4) is 0 Å². The molecule has 2 aliphatic rings. The molecule has 1 amide bonds. The lowest BCUT2D eigenvalue weighted by Crippen LogP contribution is -2.46. The van der Waals surface area contributed by atoms with Gasteiger partial charge in [0.15, 0.2) is 5.84 Å². The van der Waals surface area contributed by atoms with E-state index in [0.717, 1.165) is 45.1 Å². The maximum Gasteiger partial charge on any atom is 0.226 e. The van der Waals surface area contributed by atoms with Gasteiger partial charge in [0.25, 0.3) is 0 Å². The van der Waals surface area contributed by atoms with Gasteiger partial charge < -0.3 is 15.8 Å². The molecule has 0 aromatic heterocycles. The van der Waals surface area contributed by atoms with Crippen LogP contribution in [0.5, 0.6) is 0 Å². The van der Waals surface area contributed by atoms with Crippen LogP contribution < -0.4 is 5.73 Å². The van der Waals surface area contributed by atoms with Gasteiger partial charge in [-0.25, -0.2) is 0 Å². The number of rotatable bonds is 2. The van der Waals surface area contributed by atoms with Crippen LogP contribution in [0.25, 0.3) is 0 Å². The summed E-state index contributed by atoms with van der Waals surface area (Å²) in [4.78, 5) is 14.2. The van der Waals surface area contributed by atoms with Crippen LogP contribution in [-0.4, -0.2) is 34.4 Å². The average Bonchev–Trinajstić information content (AvgIpc) is 2.87. The zero-order valence-corrected chi connectivity index (χ0v) is 10.1. The molecule has 17 heavy (non-hydrogen) atoms. The van der Waals surface area contributed by atoms with Gasteiger partial charge in [0, 0.05) is 12.5 Å². The number of hydrogen-bond donors (Lipinski definition) is 2. The number of hydrogen-bond acceptors (Lipinski definition) is 3. The van der Waals surface area contributed by atoms with Gasteiger partial charge in [0.1, 0.15) is 0 Å². The fourth-order valence-corrected chi connectivity index (χ4v) is 2.99. The van der Waals surface area contributed by atoms with Crippen LogP contribution in [-0.2, 0) is 4.79 Å². The van der Waals surface area contributed by atoms with E-state index < -0.39 is 0 Å². The highest BCUT2D eigenvalue weighted by atomic mass is 16.4. The molecular formula is C12H21N3O2. The number of likely N-dealkylation sites (tertiary alicyclic amines) is 1. The Morgan fingerprint density at radius 3 is 2.53 bits per heavy atom. The minimum Gasteiger partial charge on any atom is -0.409 e. The minimum atomic E-state index is -0.186. The van der Waals surface area contributed by atoms with E-state index in [-0.39, 0.29) is 23.7 Å². The zero-order valence-electron chi connectivity index (χ0n) is 10.1. The average molecular weight is 239 g/mol. The van der Waals surface area contributed by atoms with Gasteiger partial charge in [0.2, 0.25) is 5.91 Å². The molecule has 2 rings (SSSR count). The SMILES string of the molecule is NC(=NO)C1CCCN1C(=O)C1CCCCC1. The molecule has 1 aliphatic heterocycles. The van der Waals surface area contributed by atoms with Crippen molar-refractivity contribution in [2.24, 2.45) is 16.8 Å². The third kappa shape index (κ3) is 2.53. The number of amidine groups is 1. The first-order valence-electron chi connectivity index (χ1n) is 6.52. The van der Waals surface area contributed by atoms with Gasteiger partial charge >= 0.3 is 0 Å². The molecule has 0 aromatic rings. The Morgan fingerprint density at radius 1 is 1.18 bits per heavy atom. The zero-order chi connectivity index (χ0) is 12.3. The maximum absolute atomic E-state index is 12.4. The van der Waals surface area contributed by atoms with Crippen molar-refractivity contribution in [2.75, 3.05) is 6.54 Å². The molecule has 5 nitrogen and oxygen atoms in total. The summed E-state index contributed by atoms with van der Waals surface area (Å²) in [7, 11) is 0. The summed E-state index contributed by atoms with van der Waals surface area (Å²) in [5.74, 6) is 0.543. The lowest BCUT2D eigenvalue weighted by Gasteiger charge is -2.29. The van der Waals surface area contributed by atoms with Crippen LogP contribution in [0, 0.1) is 5.92 Å². The Labute approximate surface area is 102 Å². The molecule has 0 radical (unpaired) electrons. The van der Waals surface area contributed by atoms with Crippen LogP contribution in [0.3, 0.4) is 0 Å². The Morgan fingerprint density at radius 2 is 1.88 bits per heavy atom. The van der Waals surface area contributed by atoms with E-state index in [9.17, 15) is 4.79 Å². The molecule has 0 aromatic carbocycles. The number of carbonyl (C=O) groups is 1. The molecule has 0 bridgehead atoms. The van der Waals surface area contributed by atoms with Crippen molar-refractivity contribution < 1.29 is 10.0 Å². The molecule has 1 unspecified atom stereocenters. The third-order valence-electron chi connectivity index (χ3n) is 3.95. The molecule has 0 spiro atoms. The van der Waals surface area contributed by atoms with Crippen LogP contribution in [0.15, 0.2) is 5.16 Å². The number of nitrogens with zero attached hydrogens (tertiary/aromatic N) is 2. The summed E-state index contributed by atoms with van der Waals surface area (Å²) in [5, 5.41) is 11.8. The number of amides is 1. The molecule has 1 saturated heterocycles. The van der Waals surface area contributed by atoms with Crippen LogP contribution in [0.1, 0.15) is 44.9 Å². The highest BCUT2D eigenvalue weighted by molar-refractivity contribution is 5.91. The topological polar surface area (TPSA) is 78.9 Å². The molecule has 1 aliphatic carbocycles. The molecule has 2 fully saturated rings. The van der Waals surface area contributed by atoms with E-state index in [4.69, 9.17) is 10.9 Å². The lowest BCUT2D eigenvalue weighted by molar-refractivity contribution is -0.136. The number of carbonyl (C=O) groups excluding carboxylic acids is 1. The smallest absolute Gasteiger partial charge is 0.226 e. The maximum atomic E-state index is 12.4. The summed E-state index contributed by atoms with van der Waals surface area (Å²) < 4.78 is 0. The second-order valence-electron chi connectivity index (χ2n) is 5.05. The highest BCUT2D eigenvalue weighted by Crippen LogP contribution is 2.28. The van der Waals surface area contributed by atoms with Gasteiger partial charge in [-0.2, -0.15) is 0 Å². The summed E-state index contributed by atoms with van der Waals surface area (Å²) in [6, 6.07) is -0.186. The summed E-state index contributed by atoms with van der Waals surface area (Å²) >= 11 is 0. The van der Waals surface area contributed by atoms with Gasteiger partial charge in [-0.3, -0.25) is 4.79 Å². The van der Waals surface area contributed by atoms with Crippen LogP contribution in [0.4, 0.5) is 0 Å². The van der Waals surface area contributed by atoms with Crippen molar-refractivity contribution >= 4 is 11.7 Å². The number of nitrogens with two attached hydrogens (primary N) is 1. The first-order chi connectivity index (χ1) is 8.24. The fourth-order valence-electron chi connectivity index (χ4n) is 2.99. The minimum absolute atomic E-state index is 0.163. The first kappa shape index (κ1) is 12.2. The third-order valence-corrected chi connectivity index (χ3v) is 3.95. The van der Waals surface area contributed by atoms with Crippen molar-refractivity contribution in [1.29, 1.82) is 0 Å². The normalized spacial score (nSPS) is 27.4. The molecule has 3 N–H and O–H groups in total. The second kappa shape index (κ2) is 5.38. The van der Waals surface area contributed by atoms with Gasteiger partial charge in [-0.05, 0) is 25.7 Å².